The van der Waals surface area contributed by atoms with Gasteiger partial charge in [-0.05, 0) is 75.0 Å². The number of aliphatic imine (C=N–C) groups is 1. The molecule has 2 N–H and O–H groups in total. The zero-order valence-electron chi connectivity index (χ0n) is 18.5. The first-order valence-corrected chi connectivity index (χ1v) is 11.1. The summed E-state index contributed by atoms with van der Waals surface area (Å²) >= 11 is 0. The molecule has 5 nitrogen and oxygen atoms in total. The Hall–Kier alpha value is -1.88. The minimum absolute atomic E-state index is 0.000820. The maximum atomic E-state index is 14.0. The Labute approximate surface area is 174 Å². The number of fused-ring (bicyclic) bond motifs is 3. The predicted molar refractivity (Wildman–Crippen MR) is 116 cm³/mol. The van der Waals surface area contributed by atoms with Crippen LogP contribution in [-0.2, 0) is 27.9 Å². The predicted octanol–water partition coefficient (Wildman–Crippen LogP) is 3.78. The molecule has 1 unspecified atom stereocenters. The van der Waals surface area contributed by atoms with Gasteiger partial charge >= 0.3 is 0 Å². The molecule has 1 aromatic carbocycles. The summed E-state index contributed by atoms with van der Waals surface area (Å²) in [5.74, 6) is 1.01. The number of rotatable bonds is 4. The van der Waals surface area contributed by atoms with Crippen molar-refractivity contribution >= 4 is 11.9 Å². The minimum Gasteiger partial charge on any atom is -0.381 e. The number of hydrogen-bond acceptors (Lipinski definition) is 4. The second kappa shape index (κ2) is 7.12. The van der Waals surface area contributed by atoms with Gasteiger partial charge in [0.05, 0.1) is 6.10 Å². The summed E-state index contributed by atoms with van der Waals surface area (Å²) in [4.78, 5) is 20.7. The van der Waals surface area contributed by atoms with Crippen LogP contribution in [0.2, 0.25) is 0 Å². The lowest BCUT2D eigenvalue weighted by atomic mass is 9.61. The van der Waals surface area contributed by atoms with E-state index in [-0.39, 0.29) is 23.5 Å². The highest BCUT2D eigenvalue weighted by atomic mass is 16.5. The summed E-state index contributed by atoms with van der Waals surface area (Å²) in [7, 11) is 1.79. The van der Waals surface area contributed by atoms with Gasteiger partial charge in [-0.3, -0.25) is 9.69 Å². The molecule has 0 aromatic heterocycles. The lowest BCUT2D eigenvalue weighted by molar-refractivity contribution is -0.139. The van der Waals surface area contributed by atoms with Crippen LogP contribution in [0.3, 0.4) is 0 Å². The average Bonchev–Trinajstić information content (AvgIpc) is 3.08. The van der Waals surface area contributed by atoms with Gasteiger partial charge in [-0.15, -0.1) is 0 Å². The van der Waals surface area contributed by atoms with E-state index in [1.165, 1.54) is 11.1 Å². The molecule has 2 spiro atoms. The molecule has 3 aliphatic rings. The van der Waals surface area contributed by atoms with Crippen LogP contribution in [0.5, 0.6) is 0 Å². The minimum atomic E-state index is -0.873. The lowest BCUT2D eigenvalue weighted by Crippen LogP contribution is -2.53. The fraction of sp³-hybridized carbons (Fsp3) is 0.667. The van der Waals surface area contributed by atoms with Gasteiger partial charge in [-0.1, -0.05) is 32.0 Å². The highest BCUT2D eigenvalue weighted by Crippen LogP contribution is 2.62. The van der Waals surface area contributed by atoms with E-state index in [2.05, 4.69) is 32.0 Å². The molecule has 0 saturated heterocycles. The molecule has 1 saturated carbocycles. The monoisotopic (exact) mass is 397 g/mol. The molecule has 5 heteroatoms. The zero-order valence-corrected chi connectivity index (χ0v) is 18.5. The van der Waals surface area contributed by atoms with Crippen molar-refractivity contribution in [1.82, 2.24) is 4.90 Å². The van der Waals surface area contributed by atoms with Gasteiger partial charge < -0.3 is 10.5 Å². The number of hydrogen-bond donors (Lipinski definition) is 1. The normalized spacial score (nSPS) is 31.4. The fourth-order valence-corrected chi connectivity index (χ4v) is 5.98. The number of nitrogens with two attached hydrogens (primary N) is 1. The fourth-order valence-electron chi connectivity index (χ4n) is 5.98. The first kappa shape index (κ1) is 20.4. The molecule has 0 bridgehead atoms. The molecular weight excluding hydrogens is 362 g/mol. The smallest absolute Gasteiger partial charge is 0.262 e. The summed E-state index contributed by atoms with van der Waals surface area (Å²) < 4.78 is 5.64. The average molecular weight is 398 g/mol. The van der Waals surface area contributed by atoms with Crippen LogP contribution in [0.25, 0.3) is 0 Å². The summed E-state index contributed by atoms with van der Waals surface area (Å²) in [6.07, 6.45) is 5.99. The molecule has 4 rings (SSSR count). The van der Waals surface area contributed by atoms with Crippen LogP contribution in [0.1, 0.15) is 70.1 Å². The Balaban J connectivity index is 1.86. The van der Waals surface area contributed by atoms with Crippen molar-refractivity contribution in [2.24, 2.45) is 22.1 Å². The first-order chi connectivity index (χ1) is 13.7. The SMILES string of the molecule is COC1CCC2(CC1)Cc1ccc(CC(C)C)cc1C21N=C(N)N(C(C)C)C1=O. The summed E-state index contributed by atoms with van der Waals surface area (Å²) in [5.41, 5.74) is 8.95. The van der Waals surface area contributed by atoms with Gasteiger partial charge in [0.2, 0.25) is 0 Å². The molecule has 0 radical (unpaired) electrons. The third kappa shape index (κ3) is 2.92. The van der Waals surface area contributed by atoms with Crippen LogP contribution in [0.15, 0.2) is 23.2 Å². The second-order valence-electron chi connectivity index (χ2n) is 9.93. The third-order valence-electron chi connectivity index (χ3n) is 7.30. The van der Waals surface area contributed by atoms with Crippen LogP contribution in [0, 0.1) is 11.3 Å². The van der Waals surface area contributed by atoms with E-state index < -0.39 is 5.54 Å². The Morgan fingerprint density at radius 2 is 1.93 bits per heavy atom. The van der Waals surface area contributed by atoms with Crippen molar-refractivity contribution in [2.75, 3.05) is 7.11 Å². The van der Waals surface area contributed by atoms with E-state index >= 15 is 0 Å². The van der Waals surface area contributed by atoms with Gasteiger partial charge in [0.1, 0.15) is 0 Å². The lowest BCUT2D eigenvalue weighted by Gasteiger charge is -2.45. The number of ether oxygens (including phenoxy) is 1. The maximum Gasteiger partial charge on any atom is 0.262 e. The highest BCUT2D eigenvalue weighted by Gasteiger charge is 2.66. The standard InChI is InChI=1S/C24H35N3O2/c1-15(2)12-17-6-7-18-14-23(10-8-19(29-5)9-11-23)24(20(18)13-17)21(28)27(16(3)4)22(25)26-24/h6-7,13,15-16,19H,8-12,14H2,1-5H3,(H2,25,26). The van der Waals surface area contributed by atoms with Gasteiger partial charge in [-0.2, -0.15) is 0 Å². The number of amides is 1. The maximum absolute atomic E-state index is 14.0. The van der Waals surface area contributed by atoms with Crippen molar-refractivity contribution in [3.8, 4) is 0 Å². The summed E-state index contributed by atoms with van der Waals surface area (Å²) in [5, 5.41) is 0. The summed E-state index contributed by atoms with van der Waals surface area (Å²) in [6, 6.07) is 6.73. The second-order valence-corrected chi connectivity index (χ2v) is 9.93. The Bertz CT molecular complexity index is 837. The molecule has 29 heavy (non-hydrogen) atoms. The quantitative estimate of drug-likeness (QED) is 0.841. The van der Waals surface area contributed by atoms with Gasteiger partial charge in [0, 0.05) is 18.6 Å². The Morgan fingerprint density at radius 1 is 1.24 bits per heavy atom. The van der Waals surface area contributed by atoms with Gasteiger partial charge in [-0.25, -0.2) is 4.99 Å². The Morgan fingerprint density at radius 3 is 2.48 bits per heavy atom. The van der Waals surface area contributed by atoms with E-state index in [0.717, 1.165) is 44.1 Å². The molecular formula is C24H35N3O2. The number of guanidine groups is 1. The highest BCUT2D eigenvalue weighted by molar-refractivity contribution is 6.08. The number of carbonyl (C=O) groups is 1. The number of benzene rings is 1. The van der Waals surface area contributed by atoms with E-state index in [4.69, 9.17) is 15.5 Å². The van der Waals surface area contributed by atoms with Crippen molar-refractivity contribution in [1.29, 1.82) is 0 Å². The number of methoxy groups -OCH3 is 1. The third-order valence-corrected chi connectivity index (χ3v) is 7.30. The zero-order chi connectivity index (χ0) is 21.0. The van der Waals surface area contributed by atoms with Crippen molar-refractivity contribution in [2.45, 2.75) is 83.9 Å². The van der Waals surface area contributed by atoms with Crippen LogP contribution < -0.4 is 5.73 Å². The molecule has 158 valence electrons. The molecule has 1 atom stereocenters. The van der Waals surface area contributed by atoms with Crippen molar-refractivity contribution < 1.29 is 9.53 Å². The van der Waals surface area contributed by atoms with Crippen LogP contribution in [-0.4, -0.2) is 36.0 Å². The number of nitrogens with zero attached hydrogens (tertiary/aromatic N) is 2. The largest absolute Gasteiger partial charge is 0.381 e. The first-order valence-electron chi connectivity index (χ1n) is 11.1. The molecule has 1 aliphatic heterocycles. The van der Waals surface area contributed by atoms with Crippen molar-refractivity contribution in [3.63, 3.8) is 0 Å². The van der Waals surface area contributed by atoms with Gasteiger partial charge in [0.15, 0.2) is 11.5 Å². The van der Waals surface area contributed by atoms with Crippen LogP contribution in [0.4, 0.5) is 0 Å². The Kier molecular flexibility index (Phi) is 5.01. The van der Waals surface area contributed by atoms with E-state index in [9.17, 15) is 4.79 Å². The molecule has 2 aliphatic carbocycles. The summed E-state index contributed by atoms with van der Waals surface area (Å²) in [6.45, 7) is 8.49. The van der Waals surface area contributed by atoms with Crippen molar-refractivity contribution in [3.05, 3.63) is 34.9 Å². The van der Waals surface area contributed by atoms with E-state index in [0.29, 0.717) is 11.9 Å². The topological polar surface area (TPSA) is 67.9 Å². The van der Waals surface area contributed by atoms with E-state index in [1.54, 1.807) is 12.0 Å². The van der Waals surface area contributed by atoms with Crippen LogP contribution >= 0.6 is 0 Å². The molecule has 1 aromatic rings. The van der Waals surface area contributed by atoms with E-state index in [1.807, 2.05) is 13.8 Å². The number of carbonyl (C=O) groups excluding carboxylic acids is 1. The van der Waals surface area contributed by atoms with Gasteiger partial charge in [0.25, 0.3) is 5.91 Å². The molecule has 1 amide bonds. The molecule has 1 heterocycles. The molecule has 1 fully saturated rings.